The molecule has 1 N–H and O–H groups in total. The van der Waals surface area contributed by atoms with Crippen LogP contribution in [0.25, 0.3) is 0 Å². The molecule has 0 aliphatic carbocycles. The second-order valence-electron chi connectivity index (χ2n) is 6.88. The van der Waals surface area contributed by atoms with Gasteiger partial charge in [-0.3, -0.25) is 14.2 Å². The Labute approximate surface area is 208 Å². The number of aliphatic carboxylic acids is 1. The molecule has 10 nitrogen and oxygen atoms in total. The summed E-state index contributed by atoms with van der Waals surface area (Å²) in [6.07, 6.45) is 0.356. The van der Waals surface area contributed by atoms with E-state index in [1.165, 1.54) is 0 Å². The molecule has 2 amide bonds. The number of allylic oxidation sites excluding steroid dienone is 1. The first kappa shape index (κ1) is 26.6. The quantitative estimate of drug-likeness (QED) is 0.229. The van der Waals surface area contributed by atoms with Crippen molar-refractivity contribution >= 4 is 25.4 Å². The SMILES string of the molecule is CCOP(=O)(OCC)C1=C(C(=O)[O-])N2C(=O)C(NC(=O)COc3ccccc3)C2CC1.[Na+]. The van der Waals surface area contributed by atoms with Gasteiger partial charge in [0.1, 0.15) is 11.8 Å². The summed E-state index contributed by atoms with van der Waals surface area (Å²) in [5, 5.41) is 14.3. The monoisotopic (exact) mass is 474 g/mol. The molecule has 1 aromatic rings. The zero-order valence-corrected chi connectivity index (χ0v) is 21.1. The van der Waals surface area contributed by atoms with Crippen LogP contribution in [0.15, 0.2) is 41.3 Å². The molecule has 3 rings (SSSR count). The summed E-state index contributed by atoms with van der Waals surface area (Å²) in [6.45, 7) is 3.00. The number of hydrogen-bond donors (Lipinski definition) is 1. The molecule has 0 aromatic heterocycles. The van der Waals surface area contributed by atoms with Crippen molar-refractivity contribution in [1.29, 1.82) is 0 Å². The molecule has 12 heteroatoms. The van der Waals surface area contributed by atoms with Crippen molar-refractivity contribution < 1.29 is 67.4 Å². The van der Waals surface area contributed by atoms with Gasteiger partial charge in [-0.05, 0) is 38.8 Å². The van der Waals surface area contributed by atoms with Gasteiger partial charge in [0.05, 0.1) is 36.2 Å². The van der Waals surface area contributed by atoms with Gasteiger partial charge in [0.2, 0.25) is 0 Å². The minimum atomic E-state index is -3.90. The number of nitrogens with zero attached hydrogens (tertiary/aromatic N) is 1. The van der Waals surface area contributed by atoms with Gasteiger partial charge in [0.25, 0.3) is 11.8 Å². The first-order chi connectivity index (χ1) is 14.8. The minimum Gasteiger partial charge on any atom is -0.543 e. The van der Waals surface area contributed by atoms with Crippen LogP contribution < -0.4 is 44.7 Å². The molecule has 2 heterocycles. The Bertz CT molecular complexity index is 929. The average Bonchev–Trinajstić information content (AvgIpc) is 2.75. The molecule has 0 saturated carbocycles. The molecule has 168 valence electrons. The fraction of sp³-hybridized carbons (Fsp3) is 0.450. The van der Waals surface area contributed by atoms with Crippen molar-refractivity contribution in [3.8, 4) is 5.75 Å². The van der Waals surface area contributed by atoms with Crippen molar-refractivity contribution in [2.75, 3.05) is 19.8 Å². The number of β-lactam (4-membered cyclic amide) rings is 1. The summed E-state index contributed by atoms with van der Waals surface area (Å²) in [6, 6.07) is 7.22. The van der Waals surface area contributed by atoms with Gasteiger partial charge in [-0.2, -0.15) is 0 Å². The zero-order valence-electron chi connectivity index (χ0n) is 18.2. The number of hydrogen-bond acceptors (Lipinski definition) is 8. The fourth-order valence-corrected chi connectivity index (χ4v) is 5.64. The van der Waals surface area contributed by atoms with Crippen LogP contribution in [0.1, 0.15) is 26.7 Å². The third-order valence-corrected chi connectivity index (χ3v) is 7.26. The number of para-hydroxylation sites is 1. The molecule has 2 atom stereocenters. The van der Waals surface area contributed by atoms with E-state index in [0.717, 1.165) is 4.90 Å². The van der Waals surface area contributed by atoms with Gasteiger partial charge in [0, 0.05) is 0 Å². The second-order valence-corrected chi connectivity index (χ2v) is 8.93. The molecular formula is C20H24N2NaO8P. The van der Waals surface area contributed by atoms with Crippen molar-refractivity contribution in [2.24, 2.45) is 0 Å². The van der Waals surface area contributed by atoms with Crippen LogP contribution in [0.4, 0.5) is 0 Å². The predicted molar refractivity (Wildman–Crippen MR) is 107 cm³/mol. The van der Waals surface area contributed by atoms with E-state index in [-0.39, 0.29) is 67.5 Å². The summed E-state index contributed by atoms with van der Waals surface area (Å²) in [5.74, 6) is -2.29. The molecule has 1 fully saturated rings. The van der Waals surface area contributed by atoms with Crippen LogP contribution in [0, 0.1) is 0 Å². The number of rotatable bonds is 10. The summed E-state index contributed by atoms with van der Waals surface area (Å²) in [4.78, 5) is 37.7. The van der Waals surface area contributed by atoms with Gasteiger partial charge >= 0.3 is 37.2 Å². The zero-order chi connectivity index (χ0) is 22.6. The van der Waals surface area contributed by atoms with E-state index in [2.05, 4.69) is 5.32 Å². The average molecular weight is 474 g/mol. The van der Waals surface area contributed by atoms with Crippen LogP contribution in [0.3, 0.4) is 0 Å². The molecule has 1 saturated heterocycles. The molecule has 2 aliphatic rings. The van der Waals surface area contributed by atoms with Crippen molar-refractivity contribution in [3.05, 3.63) is 41.3 Å². The van der Waals surface area contributed by atoms with Crippen LogP contribution >= 0.6 is 7.60 Å². The number of carbonyl (C=O) groups excluding carboxylic acids is 3. The summed E-state index contributed by atoms with van der Waals surface area (Å²) >= 11 is 0. The van der Waals surface area contributed by atoms with E-state index in [9.17, 15) is 24.1 Å². The second kappa shape index (κ2) is 11.4. The van der Waals surface area contributed by atoms with Crippen molar-refractivity contribution in [1.82, 2.24) is 10.2 Å². The summed E-state index contributed by atoms with van der Waals surface area (Å²) in [5.41, 5.74) is -0.502. The predicted octanol–water partition coefficient (Wildman–Crippen LogP) is -2.21. The largest absolute Gasteiger partial charge is 1.00 e. The molecule has 2 unspecified atom stereocenters. The van der Waals surface area contributed by atoms with E-state index in [0.29, 0.717) is 5.75 Å². The van der Waals surface area contributed by atoms with E-state index < -0.39 is 43.2 Å². The number of fused-ring (bicyclic) bond motifs is 1. The number of nitrogens with one attached hydrogen (secondary N) is 1. The normalized spacial score (nSPS) is 20.1. The van der Waals surface area contributed by atoms with Gasteiger partial charge in [0.15, 0.2) is 6.61 Å². The van der Waals surface area contributed by atoms with Gasteiger partial charge in [-0.25, -0.2) is 0 Å². The maximum atomic E-state index is 13.1. The van der Waals surface area contributed by atoms with Crippen molar-refractivity contribution in [2.45, 2.75) is 38.8 Å². The van der Waals surface area contributed by atoms with Gasteiger partial charge < -0.3 is 33.9 Å². The Morgan fingerprint density at radius 2 is 1.81 bits per heavy atom. The third-order valence-electron chi connectivity index (χ3n) is 4.96. The summed E-state index contributed by atoms with van der Waals surface area (Å²) < 4.78 is 29.0. The fourth-order valence-electron chi connectivity index (χ4n) is 3.71. The standard InChI is InChI=1S/C20H25N2O8P.Na/c1-3-29-31(27,30-4-2)15-11-10-14-17(19(24)22(14)18(15)20(25)26)21-16(23)12-28-13-8-6-5-7-9-13;/h5-9,14,17H,3-4,10-12H2,1-2H3,(H,21,23)(H,25,26);/q;+1/p-1. The number of benzene rings is 1. The number of carboxylic acids is 1. The van der Waals surface area contributed by atoms with Crippen LogP contribution in [0.5, 0.6) is 5.75 Å². The Morgan fingerprint density at radius 3 is 2.38 bits per heavy atom. The number of carbonyl (C=O) groups is 3. The summed E-state index contributed by atoms with van der Waals surface area (Å²) in [7, 11) is -3.90. The maximum Gasteiger partial charge on any atom is 1.00 e. The number of carboxylic acid groups (broad SMARTS) is 1. The number of ether oxygens (including phenoxy) is 1. The molecule has 0 spiro atoms. The van der Waals surface area contributed by atoms with Crippen LogP contribution in [-0.4, -0.2) is 54.6 Å². The topological polar surface area (TPSA) is 134 Å². The molecule has 0 radical (unpaired) electrons. The van der Waals surface area contributed by atoms with E-state index in [1.807, 2.05) is 6.07 Å². The Morgan fingerprint density at radius 1 is 1.19 bits per heavy atom. The molecule has 32 heavy (non-hydrogen) atoms. The third kappa shape index (κ3) is 5.44. The first-order valence-electron chi connectivity index (χ1n) is 9.96. The smallest absolute Gasteiger partial charge is 0.543 e. The van der Waals surface area contributed by atoms with Crippen LogP contribution in [-0.2, 0) is 28.0 Å². The van der Waals surface area contributed by atoms with Gasteiger partial charge in [-0.15, -0.1) is 0 Å². The molecule has 1 aromatic carbocycles. The minimum absolute atomic E-state index is 0. The molecule has 0 bridgehead atoms. The van der Waals surface area contributed by atoms with Crippen molar-refractivity contribution in [3.63, 3.8) is 0 Å². The van der Waals surface area contributed by atoms with Gasteiger partial charge in [-0.1, -0.05) is 18.2 Å². The Balaban J connectivity index is 0.00000363. The molecule has 2 aliphatic heterocycles. The van der Waals surface area contributed by atoms with E-state index >= 15 is 0 Å². The van der Waals surface area contributed by atoms with Crippen LogP contribution in [0.2, 0.25) is 0 Å². The maximum absolute atomic E-state index is 13.1. The molecular weight excluding hydrogens is 450 g/mol. The van der Waals surface area contributed by atoms with E-state index in [4.69, 9.17) is 13.8 Å². The Hall–Kier alpha value is -1.68. The first-order valence-corrected chi connectivity index (χ1v) is 11.5. The Kier molecular flexibility index (Phi) is 9.51. The number of amides is 2. The van der Waals surface area contributed by atoms with E-state index in [1.54, 1.807) is 38.1 Å².